The van der Waals surface area contributed by atoms with Crippen LogP contribution in [-0.2, 0) is 6.54 Å². The average molecular weight is 476 g/mol. The smallest absolute Gasteiger partial charge is 0.406 e. The van der Waals surface area contributed by atoms with Gasteiger partial charge in [-0.15, -0.1) is 13.2 Å². The SMILES string of the molecule is O=c1c2cc(-c3ccc(OC(F)(F)F)cc3)ccc2cnn1Cc1cccnc1Br. The number of benzene rings is 2. The molecule has 0 atom stereocenters. The van der Waals surface area contributed by atoms with Crippen molar-refractivity contribution in [2.24, 2.45) is 0 Å². The fourth-order valence-corrected chi connectivity index (χ4v) is 3.39. The molecule has 30 heavy (non-hydrogen) atoms. The summed E-state index contributed by atoms with van der Waals surface area (Å²) >= 11 is 3.36. The topological polar surface area (TPSA) is 57.0 Å². The van der Waals surface area contributed by atoms with E-state index in [0.717, 1.165) is 5.56 Å². The van der Waals surface area contributed by atoms with Crippen LogP contribution < -0.4 is 10.3 Å². The summed E-state index contributed by atoms with van der Waals surface area (Å²) in [6, 6.07) is 14.3. The molecule has 0 spiro atoms. The van der Waals surface area contributed by atoms with Gasteiger partial charge in [-0.1, -0.05) is 30.3 Å². The monoisotopic (exact) mass is 475 g/mol. The Morgan fingerprint density at radius 1 is 1.03 bits per heavy atom. The molecule has 2 heterocycles. The largest absolute Gasteiger partial charge is 0.573 e. The summed E-state index contributed by atoms with van der Waals surface area (Å²) in [5.74, 6) is -0.305. The minimum Gasteiger partial charge on any atom is -0.406 e. The molecule has 0 N–H and O–H groups in total. The van der Waals surface area contributed by atoms with E-state index in [9.17, 15) is 18.0 Å². The Hall–Kier alpha value is -3.20. The van der Waals surface area contributed by atoms with Crippen molar-refractivity contribution >= 4 is 26.7 Å². The highest BCUT2D eigenvalue weighted by Gasteiger charge is 2.30. The maximum atomic E-state index is 13.0. The molecule has 2 aromatic carbocycles. The minimum atomic E-state index is -4.74. The molecule has 4 aromatic rings. The standard InChI is InChI=1S/C21H13BrF3N3O2/c22-19-16(2-1-9-26-19)12-28-20(29)18-10-14(3-4-15(18)11-27-28)13-5-7-17(8-6-13)30-21(23,24)25/h1-11H,12H2. The summed E-state index contributed by atoms with van der Waals surface area (Å²) in [7, 11) is 0. The number of halogens is 4. The summed E-state index contributed by atoms with van der Waals surface area (Å²) in [4.78, 5) is 17.1. The van der Waals surface area contributed by atoms with Crippen LogP contribution in [0, 0.1) is 0 Å². The lowest BCUT2D eigenvalue weighted by molar-refractivity contribution is -0.274. The van der Waals surface area contributed by atoms with E-state index in [2.05, 4.69) is 30.7 Å². The quantitative estimate of drug-likeness (QED) is 0.382. The second-order valence-corrected chi connectivity index (χ2v) is 7.19. The molecule has 0 amide bonds. The van der Waals surface area contributed by atoms with Gasteiger partial charge < -0.3 is 4.74 Å². The van der Waals surface area contributed by atoms with Crippen molar-refractivity contribution in [3.63, 3.8) is 0 Å². The maximum Gasteiger partial charge on any atom is 0.573 e. The molecule has 0 aliphatic heterocycles. The highest BCUT2D eigenvalue weighted by Crippen LogP contribution is 2.27. The van der Waals surface area contributed by atoms with Crippen LogP contribution in [0.15, 0.2) is 76.4 Å². The third-order valence-electron chi connectivity index (χ3n) is 4.43. The molecule has 0 saturated carbocycles. The second kappa shape index (κ2) is 7.91. The number of rotatable bonds is 4. The molecular weight excluding hydrogens is 463 g/mol. The molecule has 0 radical (unpaired) electrons. The molecule has 0 saturated heterocycles. The Bertz CT molecular complexity index is 1270. The van der Waals surface area contributed by atoms with Crippen LogP contribution in [0.4, 0.5) is 13.2 Å². The summed E-state index contributed by atoms with van der Waals surface area (Å²) < 4.78 is 42.9. The van der Waals surface area contributed by atoms with Crippen LogP contribution in [0.5, 0.6) is 5.75 Å². The Morgan fingerprint density at radius 3 is 2.47 bits per heavy atom. The Kier molecular flexibility index (Phi) is 5.29. The highest BCUT2D eigenvalue weighted by atomic mass is 79.9. The minimum absolute atomic E-state index is 0.247. The van der Waals surface area contributed by atoms with Crippen LogP contribution in [-0.4, -0.2) is 21.1 Å². The van der Waals surface area contributed by atoms with Gasteiger partial charge in [-0.3, -0.25) is 4.79 Å². The number of aromatic nitrogens is 3. The lowest BCUT2D eigenvalue weighted by atomic mass is 10.0. The molecule has 152 valence electrons. The van der Waals surface area contributed by atoms with Gasteiger partial charge in [0.25, 0.3) is 5.56 Å². The molecular formula is C21H13BrF3N3O2. The van der Waals surface area contributed by atoms with Crippen molar-refractivity contribution in [3.8, 4) is 16.9 Å². The predicted molar refractivity (Wildman–Crippen MR) is 109 cm³/mol. The molecule has 0 aliphatic carbocycles. The second-order valence-electron chi connectivity index (χ2n) is 6.43. The van der Waals surface area contributed by atoms with Crippen molar-refractivity contribution < 1.29 is 17.9 Å². The average Bonchev–Trinajstić information content (AvgIpc) is 2.71. The number of pyridine rings is 1. The third kappa shape index (κ3) is 4.35. The normalized spacial score (nSPS) is 11.6. The number of hydrogen-bond donors (Lipinski definition) is 0. The number of fused-ring (bicyclic) bond motifs is 1. The molecule has 9 heteroatoms. The van der Waals surface area contributed by atoms with Gasteiger partial charge >= 0.3 is 6.36 Å². The predicted octanol–water partition coefficient (Wildman–Crippen LogP) is 5.17. The first kappa shape index (κ1) is 20.1. The van der Waals surface area contributed by atoms with Gasteiger partial charge in [0.15, 0.2) is 0 Å². The van der Waals surface area contributed by atoms with E-state index >= 15 is 0 Å². The van der Waals surface area contributed by atoms with E-state index in [1.165, 1.54) is 28.9 Å². The molecule has 0 unspecified atom stereocenters. The van der Waals surface area contributed by atoms with E-state index in [0.29, 0.717) is 26.5 Å². The Labute approximate surface area is 176 Å². The lowest BCUT2D eigenvalue weighted by Crippen LogP contribution is -2.23. The molecule has 2 aromatic heterocycles. The molecule has 4 rings (SSSR count). The Balaban J connectivity index is 1.69. The summed E-state index contributed by atoms with van der Waals surface area (Å²) in [5, 5.41) is 5.35. The van der Waals surface area contributed by atoms with E-state index < -0.39 is 6.36 Å². The zero-order valence-electron chi connectivity index (χ0n) is 15.2. The van der Waals surface area contributed by atoms with Crippen molar-refractivity contribution in [2.75, 3.05) is 0 Å². The first-order valence-corrected chi connectivity index (χ1v) is 9.55. The van der Waals surface area contributed by atoms with Gasteiger partial charge in [-0.2, -0.15) is 5.10 Å². The highest BCUT2D eigenvalue weighted by molar-refractivity contribution is 9.10. The molecule has 5 nitrogen and oxygen atoms in total. The lowest BCUT2D eigenvalue weighted by Gasteiger charge is -2.10. The zero-order chi connectivity index (χ0) is 21.3. The van der Waals surface area contributed by atoms with Gasteiger partial charge in [0.2, 0.25) is 0 Å². The number of hydrogen-bond acceptors (Lipinski definition) is 4. The van der Waals surface area contributed by atoms with Crippen LogP contribution in [0.3, 0.4) is 0 Å². The van der Waals surface area contributed by atoms with Crippen LogP contribution in [0.25, 0.3) is 21.9 Å². The third-order valence-corrected chi connectivity index (χ3v) is 5.15. The van der Waals surface area contributed by atoms with Crippen molar-refractivity contribution in [1.82, 2.24) is 14.8 Å². The van der Waals surface area contributed by atoms with Crippen LogP contribution >= 0.6 is 15.9 Å². The van der Waals surface area contributed by atoms with E-state index in [-0.39, 0.29) is 17.9 Å². The summed E-state index contributed by atoms with van der Waals surface area (Å²) in [5.41, 5.74) is 1.88. The zero-order valence-corrected chi connectivity index (χ0v) is 16.8. The van der Waals surface area contributed by atoms with Gasteiger partial charge in [-0.05, 0) is 51.3 Å². The van der Waals surface area contributed by atoms with E-state index in [4.69, 9.17) is 0 Å². The van der Waals surface area contributed by atoms with Gasteiger partial charge in [0, 0.05) is 17.1 Å². The van der Waals surface area contributed by atoms with Crippen molar-refractivity contribution in [3.05, 3.63) is 87.5 Å². The van der Waals surface area contributed by atoms with Crippen molar-refractivity contribution in [2.45, 2.75) is 12.9 Å². The number of nitrogens with zero attached hydrogens (tertiary/aromatic N) is 3. The van der Waals surface area contributed by atoms with Gasteiger partial charge in [-0.25, -0.2) is 9.67 Å². The van der Waals surface area contributed by atoms with E-state index in [1.54, 1.807) is 36.7 Å². The van der Waals surface area contributed by atoms with Gasteiger partial charge in [0.1, 0.15) is 10.4 Å². The first-order valence-electron chi connectivity index (χ1n) is 8.76. The summed E-state index contributed by atoms with van der Waals surface area (Å²) in [6.07, 6.45) is -1.50. The molecule has 0 fully saturated rings. The van der Waals surface area contributed by atoms with Crippen LogP contribution in [0.2, 0.25) is 0 Å². The first-order chi connectivity index (χ1) is 14.3. The van der Waals surface area contributed by atoms with Gasteiger partial charge in [0.05, 0.1) is 18.1 Å². The number of alkyl halides is 3. The molecule has 0 bridgehead atoms. The Morgan fingerprint density at radius 2 is 1.77 bits per heavy atom. The van der Waals surface area contributed by atoms with Crippen LogP contribution in [0.1, 0.15) is 5.56 Å². The fourth-order valence-electron chi connectivity index (χ4n) is 3.02. The fraction of sp³-hybridized carbons (Fsp3) is 0.0952. The molecule has 0 aliphatic rings. The van der Waals surface area contributed by atoms with Crippen molar-refractivity contribution in [1.29, 1.82) is 0 Å². The number of ether oxygens (including phenoxy) is 1. The van der Waals surface area contributed by atoms with E-state index in [1.807, 2.05) is 6.07 Å². The summed E-state index contributed by atoms with van der Waals surface area (Å²) in [6.45, 7) is 0.247. The maximum absolute atomic E-state index is 13.0.